The number of nitrogens with zero attached hydrogens (tertiary/aromatic N) is 1. The second-order valence-corrected chi connectivity index (χ2v) is 9.68. The summed E-state index contributed by atoms with van der Waals surface area (Å²) in [5, 5.41) is 15.6. The molecule has 4 aliphatic carbocycles. The Morgan fingerprint density at radius 3 is 2.68 bits per heavy atom. The normalized spacial score (nSPS) is 31.1. The maximum Gasteiger partial charge on any atom is 0.203 e. The molecule has 5 atom stereocenters. The third-order valence-electron chi connectivity index (χ3n) is 7.55. The fourth-order valence-electron chi connectivity index (χ4n) is 6.50. The van der Waals surface area contributed by atoms with Gasteiger partial charge in [-0.3, -0.25) is 4.79 Å². The Morgan fingerprint density at radius 1 is 1.16 bits per heavy atom. The van der Waals surface area contributed by atoms with Gasteiger partial charge in [0, 0.05) is 23.8 Å². The molecule has 4 bridgehead atoms. The van der Waals surface area contributed by atoms with Crippen LogP contribution in [0.3, 0.4) is 0 Å². The molecule has 0 spiro atoms. The molecule has 0 saturated heterocycles. The van der Waals surface area contributed by atoms with E-state index in [2.05, 4.69) is 15.3 Å². The van der Waals surface area contributed by atoms with Gasteiger partial charge in [-0.25, -0.2) is 4.98 Å². The minimum atomic E-state index is -0.474. The molecule has 6 heteroatoms. The van der Waals surface area contributed by atoms with Crippen LogP contribution in [-0.4, -0.2) is 39.1 Å². The van der Waals surface area contributed by atoms with E-state index in [0.29, 0.717) is 29.1 Å². The number of anilines is 1. The number of H-pyrrole nitrogens is 1. The molecule has 3 aromatic rings. The lowest BCUT2D eigenvalue weighted by Gasteiger charge is -2.58. The van der Waals surface area contributed by atoms with Crippen molar-refractivity contribution in [1.29, 1.82) is 0 Å². The lowest BCUT2D eigenvalue weighted by atomic mass is 9.52. The van der Waals surface area contributed by atoms with Crippen molar-refractivity contribution in [1.82, 2.24) is 9.97 Å². The number of nitrogens with one attached hydrogen (secondary N) is 2. The number of carbonyl (C=O) groups is 1. The summed E-state index contributed by atoms with van der Waals surface area (Å²) in [5.41, 5.74) is 1.71. The largest absolute Gasteiger partial charge is 0.485 e. The summed E-state index contributed by atoms with van der Waals surface area (Å²) >= 11 is 0. The number of ether oxygens (including phenoxy) is 1. The maximum atomic E-state index is 13.1. The first-order valence-corrected chi connectivity index (χ1v) is 11.2. The zero-order valence-electron chi connectivity index (χ0n) is 17.4. The van der Waals surface area contributed by atoms with Crippen molar-refractivity contribution in [3.8, 4) is 5.75 Å². The molecule has 2 heterocycles. The topological polar surface area (TPSA) is 87.2 Å². The molecule has 2 aromatic heterocycles. The Labute approximate surface area is 181 Å². The number of aliphatic hydroxyl groups is 1. The maximum absolute atomic E-state index is 13.1. The molecule has 3 unspecified atom stereocenters. The van der Waals surface area contributed by atoms with E-state index in [-0.39, 0.29) is 18.4 Å². The van der Waals surface area contributed by atoms with Gasteiger partial charge >= 0.3 is 0 Å². The first-order valence-electron chi connectivity index (χ1n) is 11.2. The van der Waals surface area contributed by atoms with Gasteiger partial charge in [0.1, 0.15) is 11.4 Å². The highest BCUT2D eigenvalue weighted by Gasteiger charge is 2.54. The molecule has 0 aliphatic heterocycles. The third kappa shape index (κ3) is 3.30. The summed E-state index contributed by atoms with van der Waals surface area (Å²) < 4.78 is 5.72. The molecule has 6 nitrogen and oxygen atoms in total. The van der Waals surface area contributed by atoms with Gasteiger partial charge in [0.25, 0.3) is 0 Å². The zero-order chi connectivity index (χ0) is 21.0. The van der Waals surface area contributed by atoms with E-state index in [1.165, 1.54) is 0 Å². The predicted octanol–water partition coefficient (Wildman–Crippen LogP) is 4.18. The molecular weight excluding hydrogens is 390 g/mol. The number of carbonyl (C=O) groups excluding carboxylic acids is 1. The van der Waals surface area contributed by atoms with Crippen LogP contribution in [0, 0.1) is 17.8 Å². The molecule has 1 aromatic carbocycles. The number of aromatic amines is 1. The van der Waals surface area contributed by atoms with Crippen LogP contribution in [0.25, 0.3) is 11.0 Å². The molecular formula is C25H27N3O3. The van der Waals surface area contributed by atoms with Crippen LogP contribution in [0.1, 0.15) is 42.5 Å². The van der Waals surface area contributed by atoms with Crippen molar-refractivity contribution in [3.63, 3.8) is 0 Å². The molecule has 4 saturated carbocycles. The van der Waals surface area contributed by atoms with E-state index in [9.17, 15) is 9.90 Å². The third-order valence-corrected chi connectivity index (χ3v) is 7.55. The second-order valence-electron chi connectivity index (χ2n) is 9.68. The Bertz CT molecular complexity index is 1110. The minimum absolute atomic E-state index is 0.0321. The lowest BCUT2D eigenvalue weighted by molar-refractivity contribution is -0.129. The smallest absolute Gasteiger partial charge is 0.203 e. The van der Waals surface area contributed by atoms with Crippen molar-refractivity contribution in [2.24, 2.45) is 17.8 Å². The monoisotopic (exact) mass is 417 g/mol. The number of Topliss-reactive ketones (excluding diaryl/α,β-unsaturated/α-hetero) is 1. The van der Waals surface area contributed by atoms with Crippen LogP contribution in [0.2, 0.25) is 0 Å². The van der Waals surface area contributed by atoms with Crippen LogP contribution in [0.4, 0.5) is 5.69 Å². The van der Waals surface area contributed by atoms with Gasteiger partial charge in [0.15, 0.2) is 6.61 Å². The van der Waals surface area contributed by atoms with Crippen LogP contribution in [-0.2, 0) is 0 Å². The minimum Gasteiger partial charge on any atom is -0.485 e. The SMILES string of the molecule is O=C(COc1ccccc1)c1cnc2[nH]ccc2c1NC1[C@@H]2CC3C[C@H]1CC(O)(C3)C2. The van der Waals surface area contributed by atoms with E-state index >= 15 is 0 Å². The van der Waals surface area contributed by atoms with Crippen molar-refractivity contribution in [2.75, 3.05) is 11.9 Å². The molecule has 31 heavy (non-hydrogen) atoms. The van der Waals surface area contributed by atoms with E-state index in [1.807, 2.05) is 42.6 Å². The Hall–Kier alpha value is -2.86. The number of ketones is 1. The van der Waals surface area contributed by atoms with Crippen LogP contribution >= 0.6 is 0 Å². The Balaban J connectivity index is 1.30. The fourth-order valence-corrected chi connectivity index (χ4v) is 6.50. The highest BCUT2D eigenvalue weighted by molar-refractivity contribution is 6.08. The van der Waals surface area contributed by atoms with Gasteiger partial charge in [-0.15, -0.1) is 0 Å². The fraction of sp³-hybridized carbons (Fsp3) is 0.440. The summed E-state index contributed by atoms with van der Waals surface area (Å²) in [7, 11) is 0. The van der Waals surface area contributed by atoms with E-state index in [0.717, 1.165) is 48.8 Å². The van der Waals surface area contributed by atoms with Crippen molar-refractivity contribution in [2.45, 2.75) is 43.7 Å². The summed E-state index contributed by atoms with van der Waals surface area (Å²) in [4.78, 5) is 20.8. The predicted molar refractivity (Wildman–Crippen MR) is 118 cm³/mol. The quantitative estimate of drug-likeness (QED) is 0.524. The van der Waals surface area contributed by atoms with Gasteiger partial charge in [-0.05, 0) is 68.1 Å². The molecule has 4 aliphatic rings. The number of hydrogen-bond acceptors (Lipinski definition) is 5. The molecule has 0 amide bonds. The van der Waals surface area contributed by atoms with E-state index in [4.69, 9.17) is 4.74 Å². The number of pyridine rings is 1. The van der Waals surface area contributed by atoms with E-state index < -0.39 is 5.60 Å². The first kappa shape index (κ1) is 18.9. The Kier molecular flexibility index (Phi) is 4.32. The molecule has 0 radical (unpaired) electrons. The van der Waals surface area contributed by atoms with E-state index in [1.54, 1.807) is 6.20 Å². The highest BCUT2D eigenvalue weighted by Crippen LogP contribution is 2.56. The molecule has 4 fully saturated rings. The number of aromatic nitrogens is 2. The molecule has 160 valence electrons. The van der Waals surface area contributed by atoms with Crippen LogP contribution in [0.15, 0.2) is 48.8 Å². The van der Waals surface area contributed by atoms with Gasteiger partial charge < -0.3 is 20.1 Å². The zero-order valence-corrected chi connectivity index (χ0v) is 17.4. The van der Waals surface area contributed by atoms with Crippen molar-refractivity contribution < 1.29 is 14.6 Å². The van der Waals surface area contributed by atoms with Crippen molar-refractivity contribution >= 4 is 22.5 Å². The first-order chi connectivity index (χ1) is 15.1. The van der Waals surface area contributed by atoms with Crippen LogP contribution < -0.4 is 10.1 Å². The summed E-state index contributed by atoms with van der Waals surface area (Å²) in [6.07, 6.45) is 8.53. The number of rotatable bonds is 6. The van der Waals surface area contributed by atoms with Gasteiger partial charge in [0.2, 0.25) is 5.78 Å². The van der Waals surface area contributed by atoms with Gasteiger partial charge in [-0.1, -0.05) is 18.2 Å². The number of hydrogen-bond donors (Lipinski definition) is 3. The number of fused-ring (bicyclic) bond motifs is 1. The average molecular weight is 418 g/mol. The standard InChI is InChI=1S/C25H27N3O3/c29-21(14-31-18-4-2-1-3-5-18)20-13-27-24-19(6-7-26-24)23(20)28-22-16-8-15-9-17(22)12-25(30,10-15)11-16/h1-7,13,15-17,22,30H,8-12,14H2,(H2,26,27,28)/t15?,16-,17+,22?,25?. The summed E-state index contributed by atoms with van der Waals surface area (Å²) in [6, 6.07) is 11.6. The number of benzene rings is 1. The lowest BCUT2D eigenvalue weighted by Crippen LogP contribution is -2.59. The second kappa shape index (κ2) is 7.09. The summed E-state index contributed by atoms with van der Waals surface area (Å²) in [5.74, 6) is 2.12. The van der Waals surface area contributed by atoms with Gasteiger partial charge in [-0.2, -0.15) is 0 Å². The summed E-state index contributed by atoms with van der Waals surface area (Å²) in [6.45, 7) is -0.0321. The van der Waals surface area contributed by atoms with Gasteiger partial charge in [0.05, 0.1) is 16.9 Å². The molecule has 3 N–H and O–H groups in total. The highest BCUT2D eigenvalue weighted by atomic mass is 16.5. The van der Waals surface area contributed by atoms with Crippen LogP contribution in [0.5, 0.6) is 5.75 Å². The average Bonchev–Trinajstić information content (AvgIpc) is 3.23. The van der Waals surface area contributed by atoms with Crippen molar-refractivity contribution in [3.05, 3.63) is 54.4 Å². The number of para-hydroxylation sites is 1. The Morgan fingerprint density at radius 2 is 1.94 bits per heavy atom. The molecule has 7 rings (SSSR count).